The minimum atomic E-state index is -0.765. The summed E-state index contributed by atoms with van der Waals surface area (Å²) in [4.78, 5) is 39.6. The lowest BCUT2D eigenvalue weighted by molar-refractivity contribution is -0.143. The Labute approximate surface area is 232 Å². The van der Waals surface area contributed by atoms with Gasteiger partial charge in [-0.25, -0.2) is 9.78 Å². The molecule has 2 aromatic heterocycles. The second-order valence-electron chi connectivity index (χ2n) is 9.63. The molecule has 2 aromatic carbocycles. The predicted octanol–water partition coefficient (Wildman–Crippen LogP) is 5.36. The lowest BCUT2D eigenvalue weighted by Gasteiger charge is -2.31. The molecule has 4 aromatic rings. The van der Waals surface area contributed by atoms with E-state index in [-0.39, 0.29) is 6.61 Å². The van der Waals surface area contributed by atoms with Crippen LogP contribution in [-0.4, -0.2) is 45.9 Å². The fraction of sp³-hybridized carbons (Fsp3) is 0.219. The number of benzene rings is 2. The maximum atomic E-state index is 13.5. The van der Waals surface area contributed by atoms with Crippen molar-refractivity contribution < 1.29 is 19.1 Å². The summed E-state index contributed by atoms with van der Waals surface area (Å²) in [6.45, 7) is 4.37. The van der Waals surface area contributed by atoms with Crippen LogP contribution in [0.1, 0.15) is 36.5 Å². The van der Waals surface area contributed by atoms with E-state index in [0.29, 0.717) is 17.0 Å². The number of pyridine rings is 1. The van der Waals surface area contributed by atoms with Crippen LogP contribution in [0.5, 0.6) is 0 Å². The van der Waals surface area contributed by atoms with Crippen molar-refractivity contribution >= 4 is 34.6 Å². The fourth-order valence-electron chi connectivity index (χ4n) is 5.17. The average molecular weight is 535 g/mol. The lowest BCUT2D eigenvalue weighted by atomic mass is 9.75. The van der Waals surface area contributed by atoms with E-state index in [0.717, 1.165) is 34.1 Å². The molecule has 202 valence electrons. The Balaban J connectivity index is 1.36. The van der Waals surface area contributed by atoms with Crippen LogP contribution in [0.2, 0.25) is 0 Å². The van der Waals surface area contributed by atoms with Crippen molar-refractivity contribution in [2.24, 2.45) is 10.9 Å². The molecule has 0 aliphatic carbocycles. The van der Waals surface area contributed by atoms with Crippen molar-refractivity contribution in [3.63, 3.8) is 0 Å². The Morgan fingerprint density at radius 3 is 2.58 bits per heavy atom. The largest absolute Gasteiger partial charge is 0.468 e. The highest BCUT2D eigenvalue weighted by atomic mass is 16.5. The Hall–Kier alpha value is -4.85. The van der Waals surface area contributed by atoms with E-state index < -0.39 is 23.8 Å². The van der Waals surface area contributed by atoms with Gasteiger partial charge in [0.05, 0.1) is 24.5 Å². The van der Waals surface area contributed by atoms with Crippen LogP contribution in [0.25, 0.3) is 17.0 Å². The number of hydrogen-bond acceptors (Lipinski definition) is 7. The third kappa shape index (κ3) is 5.61. The first-order valence-electron chi connectivity index (χ1n) is 13.0. The van der Waals surface area contributed by atoms with Gasteiger partial charge in [-0.2, -0.15) is 0 Å². The summed E-state index contributed by atoms with van der Waals surface area (Å²) >= 11 is 0. The summed E-state index contributed by atoms with van der Waals surface area (Å²) in [5.41, 5.74) is 5.17. The van der Waals surface area contributed by atoms with Gasteiger partial charge in [0.15, 0.2) is 0 Å². The number of hydrogen-bond donors (Lipinski definition) is 0. The van der Waals surface area contributed by atoms with Gasteiger partial charge in [-0.1, -0.05) is 48.5 Å². The number of para-hydroxylation sites is 1. The summed E-state index contributed by atoms with van der Waals surface area (Å²) in [7, 11) is 1.34. The highest BCUT2D eigenvalue weighted by Crippen LogP contribution is 2.42. The van der Waals surface area contributed by atoms with Gasteiger partial charge in [0.2, 0.25) is 0 Å². The number of carbonyl (C=O) groups is 2. The summed E-state index contributed by atoms with van der Waals surface area (Å²) in [5.74, 6) is -2.37. The Morgan fingerprint density at radius 1 is 1.02 bits per heavy atom. The molecule has 8 nitrogen and oxygen atoms in total. The van der Waals surface area contributed by atoms with Crippen LogP contribution in [0.15, 0.2) is 102 Å². The molecule has 0 saturated carbocycles. The van der Waals surface area contributed by atoms with Gasteiger partial charge >= 0.3 is 11.9 Å². The van der Waals surface area contributed by atoms with Gasteiger partial charge in [-0.15, -0.1) is 0 Å². The Bertz CT molecular complexity index is 1610. The van der Waals surface area contributed by atoms with Gasteiger partial charge in [0.1, 0.15) is 12.5 Å². The van der Waals surface area contributed by atoms with Crippen molar-refractivity contribution in [1.82, 2.24) is 14.5 Å². The van der Waals surface area contributed by atoms with Crippen LogP contribution in [0.4, 0.5) is 0 Å². The van der Waals surface area contributed by atoms with E-state index in [9.17, 15) is 9.59 Å². The molecule has 1 aliphatic heterocycles. The second kappa shape index (κ2) is 11.9. The number of esters is 2. The molecular formula is C32H30N4O4. The van der Waals surface area contributed by atoms with Crippen molar-refractivity contribution in [1.29, 1.82) is 0 Å². The summed E-state index contributed by atoms with van der Waals surface area (Å²) in [6, 6.07) is 17.6. The topological polar surface area (TPSA) is 95.7 Å². The number of imidazole rings is 1. The van der Waals surface area contributed by atoms with Crippen LogP contribution in [-0.2, 0) is 25.6 Å². The van der Waals surface area contributed by atoms with Crippen LogP contribution in [0, 0.1) is 5.92 Å². The molecule has 0 radical (unpaired) electrons. The number of ether oxygens (including phenoxy) is 2. The molecule has 2 unspecified atom stereocenters. The quantitative estimate of drug-likeness (QED) is 0.283. The number of allylic oxidation sites excluding steroid dienone is 1. The highest BCUT2D eigenvalue weighted by Gasteiger charge is 2.42. The standard InChI is InChI=1S/C32H30N4O4/c1-21-28(31(37)39-3)30(26-14-15-34-27-9-5-4-8-25(26)27)29(22(2)35-21)32(38)40-18-6-7-23-10-12-24(13-11-23)19-36-17-16-33-20-36/h4-17,20,28,30H,18-19H2,1-3H3. The number of aliphatic imine (C=N–C) groups is 1. The zero-order valence-electron chi connectivity index (χ0n) is 22.7. The number of rotatable bonds is 8. The minimum absolute atomic E-state index is 0.0712. The fourth-order valence-corrected chi connectivity index (χ4v) is 5.17. The summed E-state index contributed by atoms with van der Waals surface area (Å²) in [6.07, 6.45) is 10.9. The Morgan fingerprint density at radius 2 is 1.82 bits per heavy atom. The van der Waals surface area contributed by atoms with Crippen molar-refractivity contribution in [2.45, 2.75) is 26.3 Å². The molecule has 40 heavy (non-hydrogen) atoms. The predicted molar refractivity (Wildman–Crippen MR) is 154 cm³/mol. The molecule has 3 heterocycles. The van der Waals surface area contributed by atoms with Crippen molar-refractivity contribution in [2.75, 3.05) is 13.7 Å². The van der Waals surface area contributed by atoms with E-state index in [2.05, 4.69) is 27.1 Å². The number of fused-ring (bicyclic) bond motifs is 1. The van der Waals surface area contributed by atoms with Crippen molar-refractivity contribution in [3.8, 4) is 0 Å². The Kier molecular flexibility index (Phi) is 7.96. The lowest BCUT2D eigenvalue weighted by Crippen LogP contribution is -2.36. The number of carbonyl (C=O) groups excluding carboxylic acids is 2. The maximum Gasteiger partial charge on any atom is 0.336 e. The third-order valence-corrected chi connectivity index (χ3v) is 7.05. The molecule has 0 amide bonds. The first kappa shape index (κ1) is 26.7. The van der Waals surface area contributed by atoms with Crippen LogP contribution >= 0.6 is 0 Å². The zero-order chi connectivity index (χ0) is 28.1. The minimum Gasteiger partial charge on any atom is -0.468 e. The molecule has 0 bridgehead atoms. The van der Waals surface area contributed by atoms with Gasteiger partial charge in [-0.3, -0.25) is 14.8 Å². The average Bonchev–Trinajstić information content (AvgIpc) is 3.48. The van der Waals surface area contributed by atoms with E-state index in [1.165, 1.54) is 7.11 Å². The van der Waals surface area contributed by atoms with E-state index in [4.69, 9.17) is 9.47 Å². The van der Waals surface area contributed by atoms with Gasteiger partial charge in [-0.05, 0) is 48.7 Å². The normalized spacial score (nSPS) is 17.2. The van der Waals surface area contributed by atoms with Gasteiger partial charge < -0.3 is 14.0 Å². The molecule has 1 aliphatic rings. The molecule has 0 saturated heterocycles. The second-order valence-corrected chi connectivity index (χ2v) is 9.63. The zero-order valence-corrected chi connectivity index (χ0v) is 22.7. The molecule has 8 heteroatoms. The summed E-state index contributed by atoms with van der Waals surface area (Å²) in [5, 5.41) is 0.855. The molecule has 5 rings (SSSR count). The SMILES string of the molecule is COC(=O)C1C(C)=NC(C)=C(C(=O)OCC=Cc2ccc(Cn3ccnc3)cc2)C1c1ccnc2ccccc12. The molecule has 0 spiro atoms. The number of methoxy groups -OCH3 is 1. The molecular weight excluding hydrogens is 504 g/mol. The van der Waals surface area contributed by atoms with Gasteiger partial charge in [0, 0.05) is 47.8 Å². The van der Waals surface area contributed by atoms with Crippen LogP contribution < -0.4 is 0 Å². The van der Waals surface area contributed by atoms with Crippen LogP contribution in [0.3, 0.4) is 0 Å². The summed E-state index contributed by atoms with van der Waals surface area (Å²) < 4.78 is 12.8. The molecule has 0 fully saturated rings. The van der Waals surface area contributed by atoms with E-state index >= 15 is 0 Å². The third-order valence-electron chi connectivity index (χ3n) is 7.05. The number of aromatic nitrogens is 3. The smallest absolute Gasteiger partial charge is 0.336 e. The molecule has 2 atom stereocenters. The number of nitrogens with zero attached hydrogens (tertiary/aromatic N) is 4. The monoisotopic (exact) mass is 534 g/mol. The first-order valence-corrected chi connectivity index (χ1v) is 13.0. The highest BCUT2D eigenvalue weighted by molar-refractivity contribution is 6.07. The van der Waals surface area contributed by atoms with E-state index in [1.807, 2.05) is 59.3 Å². The van der Waals surface area contributed by atoms with Gasteiger partial charge in [0.25, 0.3) is 0 Å². The maximum absolute atomic E-state index is 13.5. The first-order chi connectivity index (χ1) is 19.5. The van der Waals surface area contributed by atoms with E-state index in [1.54, 1.807) is 38.6 Å². The molecule has 0 N–H and O–H groups in total. The van der Waals surface area contributed by atoms with Crippen molar-refractivity contribution in [3.05, 3.63) is 114 Å².